The molecule has 1 saturated heterocycles. The van der Waals surface area contributed by atoms with Gasteiger partial charge in [-0.3, -0.25) is 0 Å². The largest absolute Gasteiger partial charge is 0.508 e. The first-order valence-corrected chi connectivity index (χ1v) is 7.88. The summed E-state index contributed by atoms with van der Waals surface area (Å²) in [7, 11) is -3.54. The lowest BCUT2D eigenvalue weighted by Crippen LogP contribution is -2.40. The van der Waals surface area contributed by atoms with E-state index in [0.717, 1.165) is 12.8 Å². The van der Waals surface area contributed by atoms with E-state index in [1.165, 1.54) is 28.6 Å². The second kappa shape index (κ2) is 5.90. The summed E-state index contributed by atoms with van der Waals surface area (Å²) >= 11 is 0. The lowest BCUT2D eigenvalue weighted by Gasteiger charge is -2.31. The number of aliphatic hydroxyl groups is 1. The van der Waals surface area contributed by atoms with E-state index in [9.17, 15) is 13.5 Å². The third-order valence-corrected chi connectivity index (χ3v) is 5.34. The Bertz CT molecular complexity index is 527. The van der Waals surface area contributed by atoms with E-state index >= 15 is 0 Å². The van der Waals surface area contributed by atoms with Crippen molar-refractivity contribution in [2.75, 3.05) is 19.7 Å². The van der Waals surface area contributed by atoms with Crippen molar-refractivity contribution in [2.45, 2.75) is 24.2 Å². The van der Waals surface area contributed by atoms with Gasteiger partial charge in [-0.2, -0.15) is 4.31 Å². The van der Waals surface area contributed by atoms with Crippen molar-refractivity contribution in [3.05, 3.63) is 24.3 Å². The summed E-state index contributed by atoms with van der Waals surface area (Å²) in [6, 6.07) is 5.73. The molecule has 0 saturated carbocycles. The van der Waals surface area contributed by atoms with Gasteiger partial charge in [-0.15, -0.1) is 0 Å². The van der Waals surface area contributed by atoms with Crippen molar-refractivity contribution in [3.8, 4) is 5.75 Å². The summed E-state index contributed by atoms with van der Waals surface area (Å²) < 4.78 is 26.3. The molecule has 1 aliphatic heterocycles. The second-order valence-corrected chi connectivity index (χ2v) is 6.82. The molecule has 1 heterocycles. The topological polar surface area (TPSA) is 77.8 Å². The number of phenolic OH excluding ortho intramolecular Hbond substituents is 1. The Morgan fingerprint density at radius 3 is 2.84 bits per heavy atom. The number of sulfonamides is 1. The number of hydrogen-bond acceptors (Lipinski definition) is 4. The van der Waals surface area contributed by atoms with Crippen LogP contribution in [-0.2, 0) is 10.0 Å². The minimum atomic E-state index is -3.54. The number of rotatable bonds is 4. The molecular weight excluding hydrogens is 266 g/mol. The van der Waals surface area contributed by atoms with Gasteiger partial charge in [-0.1, -0.05) is 6.07 Å². The Balaban J connectivity index is 2.19. The van der Waals surface area contributed by atoms with Gasteiger partial charge >= 0.3 is 0 Å². The van der Waals surface area contributed by atoms with Crippen LogP contribution < -0.4 is 0 Å². The van der Waals surface area contributed by atoms with Gasteiger partial charge in [-0.05, 0) is 43.4 Å². The van der Waals surface area contributed by atoms with Gasteiger partial charge in [0.25, 0.3) is 0 Å². The molecule has 0 aromatic heterocycles. The van der Waals surface area contributed by atoms with Crippen LogP contribution in [0.1, 0.15) is 19.3 Å². The Hall–Kier alpha value is -1.11. The number of phenols is 1. The van der Waals surface area contributed by atoms with Gasteiger partial charge in [0.15, 0.2) is 0 Å². The number of aromatic hydroxyl groups is 1. The standard InChI is InChI=1S/C13H19NO4S/c15-8-6-11-3-2-7-14(10-11)19(17,18)13-5-1-4-12(16)9-13/h1,4-5,9,11,15-16H,2-3,6-8,10H2. The van der Waals surface area contributed by atoms with Crippen molar-refractivity contribution in [2.24, 2.45) is 5.92 Å². The molecular formula is C13H19NO4S. The summed E-state index contributed by atoms with van der Waals surface area (Å²) in [5.74, 6) is 0.163. The SMILES string of the molecule is O=S(=O)(c1cccc(O)c1)N1CCCC(CCO)C1. The molecule has 1 aromatic carbocycles. The second-order valence-electron chi connectivity index (χ2n) is 4.88. The number of aliphatic hydroxyl groups excluding tert-OH is 1. The highest BCUT2D eigenvalue weighted by atomic mass is 32.2. The highest BCUT2D eigenvalue weighted by molar-refractivity contribution is 7.89. The summed E-state index contributed by atoms with van der Waals surface area (Å²) in [4.78, 5) is 0.122. The molecule has 2 rings (SSSR count). The lowest BCUT2D eigenvalue weighted by atomic mass is 9.97. The van der Waals surface area contributed by atoms with Gasteiger partial charge in [-0.25, -0.2) is 8.42 Å². The number of benzene rings is 1. The molecule has 1 atom stereocenters. The van der Waals surface area contributed by atoms with Crippen molar-refractivity contribution < 1.29 is 18.6 Å². The van der Waals surface area contributed by atoms with E-state index in [0.29, 0.717) is 19.5 Å². The van der Waals surface area contributed by atoms with Gasteiger partial charge in [0.1, 0.15) is 5.75 Å². The first-order chi connectivity index (χ1) is 9.04. The molecule has 1 unspecified atom stereocenters. The Labute approximate surface area is 113 Å². The first-order valence-electron chi connectivity index (χ1n) is 6.44. The average molecular weight is 285 g/mol. The zero-order valence-electron chi connectivity index (χ0n) is 10.7. The van der Waals surface area contributed by atoms with Crippen molar-refractivity contribution in [1.29, 1.82) is 0 Å². The van der Waals surface area contributed by atoms with E-state index in [-0.39, 0.29) is 23.2 Å². The molecule has 0 radical (unpaired) electrons. The zero-order chi connectivity index (χ0) is 13.9. The van der Waals surface area contributed by atoms with Crippen LogP contribution in [0.4, 0.5) is 0 Å². The van der Waals surface area contributed by atoms with Gasteiger partial charge in [0.05, 0.1) is 4.90 Å². The third-order valence-electron chi connectivity index (χ3n) is 3.47. The molecule has 0 amide bonds. The van der Waals surface area contributed by atoms with Crippen molar-refractivity contribution >= 4 is 10.0 Å². The molecule has 2 N–H and O–H groups in total. The summed E-state index contributed by atoms with van der Waals surface area (Å²) in [6.07, 6.45) is 2.39. The van der Waals surface area contributed by atoms with Gasteiger partial charge in [0, 0.05) is 19.7 Å². The van der Waals surface area contributed by atoms with Crippen LogP contribution in [0, 0.1) is 5.92 Å². The zero-order valence-corrected chi connectivity index (χ0v) is 11.5. The molecule has 19 heavy (non-hydrogen) atoms. The van der Waals surface area contributed by atoms with Crippen LogP contribution in [0.5, 0.6) is 5.75 Å². The fraction of sp³-hybridized carbons (Fsp3) is 0.538. The van der Waals surface area contributed by atoms with E-state index < -0.39 is 10.0 Å². The minimum Gasteiger partial charge on any atom is -0.508 e. The Kier molecular flexibility index (Phi) is 4.44. The molecule has 0 spiro atoms. The Morgan fingerprint density at radius 2 is 2.16 bits per heavy atom. The minimum absolute atomic E-state index is 0.0509. The summed E-state index contributed by atoms with van der Waals surface area (Å²) in [5.41, 5.74) is 0. The number of hydrogen-bond donors (Lipinski definition) is 2. The Morgan fingerprint density at radius 1 is 1.37 bits per heavy atom. The van der Waals surface area contributed by atoms with Crippen LogP contribution in [0.25, 0.3) is 0 Å². The van der Waals surface area contributed by atoms with Gasteiger partial charge in [0.2, 0.25) is 10.0 Å². The predicted molar refractivity (Wildman–Crippen MR) is 71.3 cm³/mol. The first kappa shape index (κ1) is 14.3. The highest BCUT2D eigenvalue weighted by Crippen LogP contribution is 2.26. The molecule has 1 fully saturated rings. The fourth-order valence-electron chi connectivity index (χ4n) is 2.46. The maximum Gasteiger partial charge on any atom is 0.243 e. The van der Waals surface area contributed by atoms with E-state index in [1.54, 1.807) is 0 Å². The third kappa shape index (κ3) is 3.26. The molecule has 1 aliphatic rings. The average Bonchev–Trinajstić information content (AvgIpc) is 2.39. The fourth-order valence-corrected chi connectivity index (χ4v) is 4.05. The highest BCUT2D eigenvalue weighted by Gasteiger charge is 2.30. The smallest absolute Gasteiger partial charge is 0.243 e. The maximum atomic E-state index is 12.4. The van der Waals surface area contributed by atoms with Crippen molar-refractivity contribution in [1.82, 2.24) is 4.31 Å². The van der Waals surface area contributed by atoms with Crippen LogP contribution >= 0.6 is 0 Å². The van der Waals surface area contributed by atoms with Crippen LogP contribution in [0.15, 0.2) is 29.2 Å². The predicted octanol–water partition coefficient (Wildman–Crippen LogP) is 1.18. The van der Waals surface area contributed by atoms with Crippen LogP contribution in [-0.4, -0.2) is 42.6 Å². The molecule has 0 aliphatic carbocycles. The monoisotopic (exact) mass is 285 g/mol. The van der Waals surface area contributed by atoms with Crippen LogP contribution in [0.2, 0.25) is 0 Å². The molecule has 6 heteroatoms. The van der Waals surface area contributed by atoms with E-state index in [4.69, 9.17) is 5.11 Å². The summed E-state index contributed by atoms with van der Waals surface area (Å²) in [6.45, 7) is 1.03. The van der Waals surface area contributed by atoms with E-state index in [1.807, 2.05) is 0 Å². The molecule has 0 bridgehead atoms. The summed E-state index contributed by atoms with van der Waals surface area (Å²) in [5, 5.41) is 18.4. The normalized spacial score (nSPS) is 21.4. The number of nitrogens with zero attached hydrogens (tertiary/aromatic N) is 1. The van der Waals surface area contributed by atoms with Crippen molar-refractivity contribution in [3.63, 3.8) is 0 Å². The van der Waals surface area contributed by atoms with E-state index in [2.05, 4.69) is 0 Å². The molecule has 1 aromatic rings. The molecule has 5 nitrogen and oxygen atoms in total. The van der Waals surface area contributed by atoms with Gasteiger partial charge < -0.3 is 10.2 Å². The van der Waals surface area contributed by atoms with Crippen LogP contribution in [0.3, 0.4) is 0 Å². The number of piperidine rings is 1. The maximum absolute atomic E-state index is 12.4. The lowest BCUT2D eigenvalue weighted by molar-refractivity contribution is 0.203. The quantitative estimate of drug-likeness (QED) is 0.870. The molecule has 106 valence electrons.